The molecule has 1 unspecified atom stereocenters. The van der Waals surface area contributed by atoms with Crippen molar-refractivity contribution in [3.63, 3.8) is 0 Å². The predicted octanol–water partition coefficient (Wildman–Crippen LogP) is 6.54. The van der Waals surface area contributed by atoms with Gasteiger partial charge in [0.05, 0.1) is 0 Å². The molecule has 1 N–H and O–H groups in total. The van der Waals surface area contributed by atoms with Gasteiger partial charge >= 0.3 is 6.16 Å². The van der Waals surface area contributed by atoms with Gasteiger partial charge in [-0.2, -0.15) is 0 Å². The van der Waals surface area contributed by atoms with E-state index < -0.39 is 6.16 Å². The third kappa shape index (κ3) is 5.91. The molecule has 0 heterocycles. The van der Waals surface area contributed by atoms with Crippen molar-refractivity contribution in [1.29, 1.82) is 0 Å². The first kappa shape index (κ1) is 20.0. The lowest BCUT2D eigenvalue weighted by atomic mass is 9.93. The maximum Gasteiger partial charge on any atom is 0.506 e. The summed E-state index contributed by atoms with van der Waals surface area (Å²) in [6.45, 7) is 6.21. The van der Waals surface area contributed by atoms with Gasteiger partial charge in [-0.05, 0) is 74.3 Å². The third-order valence-electron chi connectivity index (χ3n) is 5.21. The normalized spacial score (nSPS) is 12.0. The maximum atomic E-state index is 11.1. The molecular weight excluding hydrogens is 324 g/mol. The summed E-state index contributed by atoms with van der Waals surface area (Å²) in [6, 6.07) is 14.6. The quantitative estimate of drug-likeness (QED) is 0.411. The van der Waals surface area contributed by atoms with Gasteiger partial charge in [-0.15, -0.1) is 0 Å². The van der Waals surface area contributed by atoms with Gasteiger partial charge in [-0.25, -0.2) is 4.79 Å². The number of carbonyl (C=O) groups is 1. The molecule has 0 amide bonds. The molecule has 0 saturated carbocycles. The number of hydrogen-bond acceptors (Lipinski definition) is 2. The van der Waals surface area contributed by atoms with Crippen LogP contribution in [0.4, 0.5) is 4.79 Å². The van der Waals surface area contributed by atoms with Crippen LogP contribution in [0.15, 0.2) is 42.5 Å². The molecule has 0 spiro atoms. The number of unbranched alkanes of at least 4 members (excludes halogenated alkanes) is 3. The predicted molar refractivity (Wildman–Crippen MR) is 106 cm³/mol. The van der Waals surface area contributed by atoms with Crippen molar-refractivity contribution in [2.45, 2.75) is 65.4 Å². The first-order valence-electron chi connectivity index (χ1n) is 9.49. The highest BCUT2D eigenvalue weighted by Gasteiger charge is 2.19. The molecule has 1 atom stereocenters. The molecule has 3 heteroatoms. The standard InChI is InChI=1S/C23H30O3/c1-17-15-16-21(19(3)18(17)2)22(26-23(24)25)14-10-5-4-7-11-20-12-8-6-9-13-20/h6,8-9,12-13,15-16,22H,4-5,7,10-11,14H2,1-3H3,(H,24,25). The van der Waals surface area contributed by atoms with E-state index in [9.17, 15) is 4.79 Å². The zero-order valence-electron chi connectivity index (χ0n) is 16.1. The van der Waals surface area contributed by atoms with E-state index in [0.29, 0.717) is 0 Å². The van der Waals surface area contributed by atoms with Crippen molar-refractivity contribution >= 4 is 6.16 Å². The van der Waals surface area contributed by atoms with Crippen molar-refractivity contribution in [3.8, 4) is 0 Å². The smallest absolute Gasteiger partial charge is 0.450 e. The molecule has 0 aliphatic heterocycles. The van der Waals surface area contributed by atoms with Crippen LogP contribution in [-0.2, 0) is 11.2 Å². The minimum absolute atomic E-state index is 0.374. The van der Waals surface area contributed by atoms with Crippen LogP contribution in [0, 0.1) is 20.8 Å². The van der Waals surface area contributed by atoms with E-state index in [-0.39, 0.29) is 6.10 Å². The topological polar surface area (TPSA) is 46.5 Å². The molecule has 0 bridgehead atoms. The lowest BCUT2D eigenvalue weighted by Crippen LogP contribution is -2.11. The molecule has 26 heavy (non-hydrogen) atoms. The Bertz CT molecular complexity index is 707. The summed E-state index contributed by atoms with van der Waals surface area (Å²) in [5, 5.41) is 9.10. The van der Waals surface area contributed by atoms with Crippen molar-refractivity contribution in [1.82, 2.24) is 0 Å². The molecular formula is C23H30O3. The molecule has 3 nitrogen and oxygen atoms in total. The molecule has 2 aromatic carbocycles. The summed E-state index contributed by atoms with van der Waals surface area (Å²) >= 11 is 0. The lowest BCUT2D eigenvalue weighted by Gasteiger charge is -2.20. The van der Waals surface area contributed by atoms with E-state index in [1.54, 1.807) is 0 Å². The second kappa shape index (κ2) is 10.0. The molecule has 0 aromatic heterocycles. The van der Waals surface area contributed by atoms with Gasteiger partial charge < -0.3 is 9.84 Å². The van der Waals surface area contributed by atoms with Gasteiger partial charge in [-0.1, -0.05) is 55.3 Å². The monoisotopic (exact) mass is 354 g/mol. The van der Waals surface area contributed by atoms with E-state index in [2.05, 4.69) is 51.1 Å². The molecule has 2 rings (SSSR count). The Labute approximate surface area is 157 Å². The van der Waals surface area contributed by atoms with Crippen molar-refractivity contribution in [2.24, 2.45) is 0 Å². The Balaban J connectivity index is 1.84. The van der Waals surface area contributed by atoms with Crippen LogP contribution in [0.2, 0.25) is 0 Å². The molecule has 0 saturated heterocycles. The highest BCUT2D eigenvalue weighted by molar-refractivity contribution is 5.57. The van der Waals surface area contributed by atoms with Crippen LogP contribution in [-0.4, -0.2) is 11.3 Å². The van der Waals surface area contributed by atoms with Crippen LogP contribution in [0.5, 0.6) is 0 Å². The van der Waals surface area contributed by atoms with Crippen LogP contribution in [0.3, 0.4) is 0 Å². The van der Waals surface area contributed by atoms with Crippen LogP contribution < -0.4 is 0 Å². The number of ether oxygens (including phenoxy) is 1. The fraction of sp³-hybridized carbons (Fsp3) is 0.435. The Morgan fingerprint density at radius 3 is 2.31 bits per heavy atom. The largest absolute Gasteiger partial charge is 0.506 e. The van der Waals surface area contributed by atoms with Gasteiger partial charge in [0.1, 0.15) is 6.10 Å². The highest BCUT2D eigenvalue weighted by atomic mass is 16.7. The van der Waals surface area contributed by atoms with Crippen LogP contribution in [0.25, 0.3) is 0 Å². The zero-order chi connectivity index (χ0) is 18.9. The Hall–Kier alpha value is -2.29. The summed E-state index contributed by atoms with van der Waals surface area (Å²) in [5.41, 5.74) is 5.95. The lowest BCUT2D eigenvalue weighted by molar-refractivity contribution is 0.0461. The van der Waals surface area contributed by atoms with E-state index in [4.69, 9.17) is 9.84 Å². The molecule has 2 aromatic rings. The first-order valence-corrected chi connectivity index (χ1v) is 9.49. The minimum atomic E-state index is -1.20. The SMILES string of the molecule is Cc1ccc(C(CCCCCCc2ccccc2)OC(=O)O)c(C)c1C. The van der Waals surface area contributed by atoms with Crippen molar-refractivity contribution < 1.29 is 14.6 Å². The number of hydrogen-bond donors (Lipinski definition) is 1. The van der Waals surface area contributed by atoms with Crippen LogP contribution >= 0.6 is 0 Å². The average molecular weight is 354 g/mol. The number of carboxylic acid groups (broad SMARTS) is 1. The van der Waals surface area contributed by atoms with Gasteiger partial charge in [0.25, 0.3) is 0 Å². The summed E-state index contributed by atoms with van der Waals surface area (Å²) in [6.07, 6.45) is 4.65. The second-order valence-electron chi connectivity index (χ2n) is 7.03. The van der Waals surface area contributed by atoms with Gasteiger partial charge in [0, 0.05) is 0 Å². The molecule has 0 fully saturated rings. The van der Waals surface area contributed by atoms with Gasteiger partial charge in [-0.3, -0.25) is 0 Å². The Kier molecular flexibility index (Phi) is 7.71. The Morgan fingerprint density at radius 2 is 1.62 bits per heavy atom. The Morgan fingerprint density at radius 1 is 0.923 bits per heavy atom. The van der Waals surface area contributed by atoms with E-state index >= 15 is 0 Å². The number of rotatable bonds is 9. The first-order chi connectivity index (χ1) is 12.5. The van der Waals surface area contributed by atoms with Gasteiger partial charge in [0.15, 0.2) is 0 Å². The molecule has 0 aliphatic carbocycles. The van der Waals surface area contributed by atoms with Crippen molar-refractivity contribution in [3.05, 3.63) is 70.3 Å². The minimum Gasteiger partial charge on any atom is -0.450 e. The number of aryl methyl sites for hydroxylation is 2. The van der Waals surface area contributed by atoms with Crippen LogP contribution in [0.1, 0.15) is 66.0 Å². The summed E-state index contributed by atoms with van der Waals surface area (Å²) in [7, 11) is 0. The average Bonchev–Trinajstić information content (AvgIpc) is 2.62. The zero-order valence-corrected chi connectivity index (χ0v) is 16.1. The van der Waals surface area contributed by atoms with E-state index in [1.165, 1.54) is 16.7 Å². The van der Waals surface area contributed by atoms with E-state index in [1.807, 2.05) is 12.1 Å². The summed E-state index contributed by atoms with van der Waals surface area (Å²) < 4.78 is 5.20. The highest BCUT2D eigenvalue weighted by Crippen LogP contribution is 2.30. The summed E-state index contributed by atoms with van der Waals surface area (Å²) in [5.74, 6) is 0. The summed E-state index contributed by atoms with van der Waals surface area (Å²) in [4.78, 5) is 11.1. The number of benzene rings is 2. The molecule has 0 radical (unpaired) electrons. The fourth-order valence-corrected chi connectivity index (χ4v) is 3.38. The van der Waals surface area contributed by atoms with Gasteiger partial charge in [0.2, 0.25) is 0 Å². The van der Waals surface area contributed by atoms with E-state index in [0.717, 1.165) is 49.7 Å². The third-order valence-corrected chi connectivity index (χ3v) is 5.21. The second-order valence-corrected chi connectivity index (χ2v) is 7.03. The molecule has 0 aliphatic rings. The fourth-order valence-electron chi connectivity index (χ4n) is 3.38. The molecule has 140 valence electrons. The maximum absolute atomic E-state index is 11.1. The van der Waals surface area contributed by atoms with Crippen molar-refractivity contribution in [2.75, 3.05) is 0 Å².